The molecule has 0 aliphatic heterocycles. The van der Waals surface area contributed by atoms with Crippen LogP contribution in [0.2, 0.25) is 0 Å². The van der Waals surface area contributed by atoms with Gasteiger partial charge in [0.05, 0.1) is 11.6 Å². The fourth-order valence-corrected chi connectivity index (χ4v) is 3.01. The summed E-state index contributed by atoms with van der Waals surface area (Å²) in [6, 6.07) is 21.1. The largest absolute Gasteiger partial charge is 0.426 e. The highest BCUT2D eigenvalue weighted by Crippen LogP contribution is 2.27. The minimum atomic E-state index is -0.224. The van der Waals surface area contributed by atoms with Crippen LogP contribution in [-0.4, -0.2) is 11.9 Å². The van der Waals surface area contributed by atoms with Gasteiger partial charge in [-0.15, -0.1) is 0 Å². The Morgan fingerprint density at radius 3 is 2.41 bits per heavy atom. The molecule has 1 atom stereocenters. The number of hydrogen-bond donors (Lipinski definition) is 2. The Morgan fingerprint density at radius 2 is 1.70 bits per heavy atom. The van der Waals surface area contributed by atoms with Crippen LogP contribution in [0.1, 0.15) is 18.9 Å². The Labute approximate surface area is 158 Å². The molecule has 0 aliphatic carbocycles. The third-order valence-electron chi connectivity index (χ3n) is 4.46. The van der Waals surface area contributed by atoms with Crippen molar-refractivity contribution in [3.8, 4) is 5.75 Å². The molecule has 0 spiro atoms. The number of esters is 1. The van der Waals surface area contributed by atoms with Gasteiger partial charge in [0, 0.05) is 5.39 Å². The average molecular weight is 361 g/mol. The van der Waals surface area contributed by atoms with Crippen molar-refractivity contribution in [2.75, 3.05) is 0 Å². The van der Waals surface area contributed by atoms with Crippen LogP contribution in [0.15, 0.2) is 71.7 Å². The number of rotatable bonds is 6. The first kappa shape index (κ1) is 18.5. The van der Waals surface area contributed by atoms with Crippen LogP contribution in [-0.2, 0) is 11.2 Å². The van der Waals surface area contributed by atoms with Crippen molar-refractivity contribution in [2.24, 2.45) is 22.4 Å². The number of carbonyl (C=O) groups excluding carboxylic acids is 1. The molecule has 4 N–H and O–H groups in total. The Balaban J connectivity index is 1.73. The summed E-state index contributed by atoms with van der Waals surface area (Å²) in [5.41, 5.74) is 12.5. The standard InChI is InChI=1S/C22H23N3O2/c1-2-16(14-15-10-12-18(13-11-15)25-22(23)24)21(26)27-20-9-5-7-17-6-3-4-8-19(17)20/h3-13,16H,2,14H2,1H3,(H4,23,24,25). The number of carbonyl (C=O) groups is 1. The summed E-state index contributed by atoms with van der Waals surface area (Å²) in [5, 5.41) is 1.98. The fraction of sp³-hybridized carbons (Fsp3) is 0.182. The molecule has 3 aromatic rings. The van der Waals surface area contributed by atoms with Crippen LogP contribution in [0.4, 0.5) is 5.69 Å². The summed E-state index contributed by atoms with van der Waals surface area (Å²) in [6.07, 6.45) is 1.29. The van der Waals surface area contributed by atoms with Gasteiger partial charge in [0.1, 0.15) is 5.75 Å². The van der Waals surface area contributed by atoms with Crippen molar-refractivity contribution in [3.05, 3.63) is 72.3 Å². The third-order valence-corrected chi connectivity index (χ3v) is 4.46. The van der Waals surface area contributed by atoms with E-state index in [0.717, 1.165) is 16.3 Å². The second-order valence-electron chi connectivity index (χ2n) is 6.41. The summed E-state index contributed by atoms with van der Waals surface area (Å²) in [4.78, 5) is 16.7. The van der Waals surface area contributed by atoms with Gasteiger partial charge in [-0.2, -0.15) is 0 Å². The highest BCUT2D eigenvalue weighted by molar-refractivity contribution is 5.90. The Bertz CT molecular complexity index is 955. The molecule has 27 heavy (non-hydrogen) atoms. The second kappa shape index (κ2) is 8.36. The van der Waals surface area contributed by atoms with E-state index in [9.17, 15) is 4.79 Å². The van der Waals surface area contributed by atoms with Gasteiger partial charge in [-0.05, 0) is 42.0 Å². The van der Waals surface area contributed by atoms with E-state index in [4.69, 9.17) is 16.2 Å². The molecule has 5 nitrogen and oxygen atoms in total. The van der Waals surface area contributed by atoms with Gasteiger partial charge in [-0.3, -0.25) is 4.79 Å². The van der Waals surface area contributed by atoms with Gasteiger partial charge in [-0.25, -0.2) is 4.99 Å². The number of nitrogens with zero attached hydrogens (tertiary/aromatic N) is 1. The highest BCUT2D eigenvalue weighted by Gasteiger charge is 2.20. The number of guanidine groups is 1. The summed E-state index contributed by atoms with van der Waals surface area (Å²) >= 11 is 0. The molecule has 138 valence electrons. The van der Waals surface area contributed by atoms with Crippen LogP contribution < -0.4 is 16.2 Å². The van der Waals surface area contributed by atoms with E-state index in [2.05, 4.69) is 4.99 Å². The van der Waals surface area contributed by atoms with E-state index in [1.165, 1.54) is 0 Å². The van der Waals surface area contributed by atoms with Crippen molar-refractivity contribution in [1.29, 1.82) is 0 Å². The molecule has 3 rings (SSSR count). The molecule has 0 amide bonds. The Hall–Kier alpha value is -3.34. The lowest BCUT2D eigenvalue weighted by atomic mass is 9.97. The third kappa shape index (κ3) is 4.64. The van der Waals surface area contributed by atoms with Gasteiger partial charge in [-0.1, -0.05) is 55.5 Å². The first-order valence-corrected chi connectivity index (χ1v) is 8.95. The smallest absolute Gasteiger partial charge is 0.314 e. The molecular weight excluding hydrogens is 338 g/mol. The zero-order valence-corrected chi connectivity index (χ0v) is 15.3. The van der Waals surface area contributed by atoms with E-state index in [1.54, 1.807) is 0 Å². The van der Waals surface area contributed by atoms with Gasteiger partial charge in [0.2, 0.25) is 0 Å². The summed E-state index contributed by atoms with van der Waals surface area (Å²) in [5.74, 6) is 0.174. The van der Waals surface area contributed by atoms with E-state index in [0.29, 0.717) is 24.3 Å². The maximum absolute atomic E-state index is 12.7. The molecule has 0 radical (unpaired) electrons. The lowest BCUT2D eigenvalue weighted by molar-refractivity contribution is -0.138. The number of aliphatic imine (C=N–C) groups is 1. The molecule has 1 unspecified atom stereocenters. The number of fused-ring (bicyclic) bond motifs is 1. The highest BCUT2D eigenvalue weighted by atomic mass is 16.5. The SMILES string of the molecule is CCC(Cc1ccc(N=C(N)N)cc1)C(=O)Oc1cccc2ccccc12. The molecule has 0 heterocycles. The molecule has 5 heteroatoms. The van der Waals surface area contributed by atoms with Crippen molar-refractivity contribution >= 4 is 28.4 Å². The van der Waals surface area contributed by atoms with Gasteiger partial charge in [0.15, 0.2) is 5.96 Å². The monoisotopic (exact) mass is 361 g/mol. The fourth-order valence-electron chi connectivity index (χ4n) is 3.01. The van der Waals surface area contributed by atoms with Crippen molar-refractivity contribution < 1.29 is 9.53 Å². The lowest BCUT2D eigenvalue weighted by Gasteiger charge is -2.15. The lowest BCUT2D eigenvalue weighted by Crippen LogP contribution is -2.22. The number of ether oxygens (including phenoxy) is 1. The number of nitrogens with two attached hydrogens (primary N) is 2. The molecular formula is C22H23N3O2. The van der Waals surface area contributed by atoms with E-state index >= 15 is 0 Å². The molecule has 0 fully saturated rings. The molecule has 0 saturated carbocycles. The summed E-state index contributed by atoms with van der Waals surface area (Å²) in [6.45, 7) is 1.99. The van der Waals surface area contributed by atoms with E-state index in [-0.39, 0.29) is 17.8 Å². The Morgan fingerprint density at radius 1 is 1.00 bits per heavy atom. The zero-order chi connectivity index (χ0) is 19.2. The minimum Gasteiger partial charge on any atom is -0.426 e. The normalized spacial score (nSPS) is 11.7. The van der Waals surface area contributed by atoms with Crippen LogP contribution in [0.25, 0.3) is 10.8 Å². The first-order chi connectivity index (χ1) is 13.1. The van der Waals surface area contributed by atoms with Crippen molar-refractivity contribution in [2.45, 2.75) is 19.8 Å². The zero-order valence-electron chi connectivity index (χ0n) is 15.3. The van der Waals surface area contributed by atoms with Crippen molar-refractivity contribution in [1.82, 2.24) is 0 Å². The first-order valence-electron chi connectivity index (χ1n) is 8.95. The topological polar surface area (TPSA) is 90.7 Å². The number of hydrogen-bond acceptors (Lipinski definition) is 3. The maximum atomic E-state index is 12.7. The minimum absolute atomic E-state index is 0.0212. The predicted octanol–water partition coefficient (Wildman–Crippen LogP) is 3.92. The quantitative estimate of drug-likeness (QED) is 0.301. The molecule has 0 aromatic heterocycles. The second-order valence-corrected chi connectivity index (χ2v) is 6.41. The van der Waals surface area contributed by atoms with E-state index < -0.39 is 0 Å². The predicted molar refractivity (Wildman–Crippen MR) is 109 cm³/mol. The van der Waals surface area contributed by atoms with Crippen molar-refractivity contribution in [3.63, 3.8) is 0 Å². The van der Waals surface area contributed by atoms with Crippen LogP contribution >= 0.6 is 0 Å². The maximum Gasteiger partial charge on any atom is 0.314 e. The molecule has 0 saturated heterocycles. The van der Waals surface area contributed by atoms with Crippen LogP contribution in [0, 0.1) is 5.92 Å². The average Bonchev–Trinajstić information content (AvgIpc) is 2.67. The van der Waals surface area contributed by atoms with E-state index in [1.807, 2.05) is 73.7 Å². The van der Waals surface area contributed by atoms with Gasteiger partial charge < -0.3 is 16.2 Å². The Kier molecular flexibility index (Phi) is 5.71. The molecule has 0 bridgehead atoms. The van der Waals surface area contributed by atoms with Crippen LogP contribution in [0.3, 0.4) is 0 Å². The number of benzene rings is 3. The van der Waals surface area contributed by atoms with Crippen LogP contribution in [0.5, 0.6) is 5.75 Å². The summed E-state index contributed by atoms with van der Waals surface area (Å²) in [7, 11) is 0. The van der Waals surface area contributed by atoms with Gasteiger partial charge in [0.25, 0.3) is 0 Å². The molecule has 0 aliphatic rings. The van der Waals surface area contributed by atoms with Gasteiger partial charge >= 0.3 is 5.97 Å². The molecule has 3 aromatic carbocycles. The summed E-state index contributed by atoms with van der Waals surface area (Å²) < 4.78 is 5.74.